The molecule has 0 aromatic heterocycles. The molecule has 0 saturated carbocycles. The number of benzene rings is 2. The molecule has 0 amide bonds. The van der Waals surface area contributed by atoms with Gasteiger partial charge in [0.15, 0.2) is 0 Å². The zero-order valence-electron chi connectivity index (χ0n) is 50.1. The minimum atomic E-state index is -5.03. The summed E-state index contributed by atoms with van der Waals surface area (Å²) in [5.41, 5.74) is 2.03. The van der Waals surface area contributed by atoms with Crippen LogP contribution in [0.1, 0.15) is 353 Å². The summed E-state index contributed by atoms with van der Waals surface area (Å²) in [6, 6.07) is 15.8. The summed E-state index contributed by atoms with van der Waals surface area (Å²) in [7, 11) is -10.1. The molecule has 4 aliphatic heterocycles. The zero-order chi connectivity index (χ0) is 54.7. The molecule has 4 aliphatic rings. The number of unbranched alkanes of at least 4 members (excludes halogenated alkanes) is 41. The molecule has 6 rings (SSSR count). The van der Waals surface area contributed by atoms with Crippen LogP contribution in [0.25, 0.3) is 0 Å². The van der Waals surface area contributed by atoms with E-state index in [1.165, 1.54) is 294 Å². The van der Waals surface area contributed by atoms with Crippen LogP contribution in [0.2, 0.25) is 0 Å². The molecule has 4 bridgehead atoms. The molecule has 0 aliphatic carbocycles. The van der Waals surface area contributed by atoms with E-state index in [9.17, 15) is 18.9 Å². The number of hydrogen-bond acceptors (Lipinski definition) is 5. The third-order valence-electron chi connectivity index (χ3n) is 17.4. The Hall–Kier alpha value is -1.62. The van der Waals surface area contributed by atoms with E-state index < -0.39 is 15.6 Å². The SMILES string of the molecule is CCCCCCCCCCCCCCC1(C(CCCCCCCCCCCCC)(CCCCCCCCCCCCC)CCCCCCCCCCCCC)c2ccc(cc2)OP(=O)(O)OP(=O)(O)Oc2ccc1cc2. The quantitative estimate of drug-likeness (QED) is 0.0503. The Balaban J connectivity index is 2.06. The smallest absolute Gasteiger partial charge is 0.404 e. The summed E-state index contributed by atoms with van der Waals surface area (Å²) >= 11 is 0. The van der Waals surface area contributed by atoms with Crippen molar-refractivity contribution in [3.8, 4) is 11.5 Å². The van der Waals surface area contributed by atoms with E-state index in [0.717, 1.165) is 32.1 Å². The molecule has 2 unspecified atom stereocenters. The van der Waals surface area contributed by atoms with Gasteiger partial charge in [-0.2, -0.15) is 4.31 Å². The van der Waals surface area contributed by atoms with Gasteiger partial charge in [0.05, 0.1) is 0 Å². The molecular weight excluding hydrogens is 979 g/mol. The van der Waals surface area contributed by atoms with E-state index >= 15 is 0 Å². The third kappa shape index (κ3) is 29.2. The first-order valence-corrected chi connectivity index (χ1v) is 36.0. The number of rotatable bonds is 50. The molecule has 2 atom stereocenters. The maximum absolute atomic E-state index is 13.3. The highest BCUT2D eigenvalue weighted by molar-refractivity contribution is 7.61. The van der Waals surface area contributed by atoms with Crippen LogP contribution in [0, 0.1) is 5.41 Å². The van der Waals surface area contributed by atoms with Crippen molar-refractivity contribution in [1.29, 1.82) is 0 Å². The highest BCUT2D eigenvalue weighted by Gasteiger charge is 2.52. The molecule has 4 heterocycles. The molecular formula is C67H120O7P2. The van der Waals surface area contributed by atoms with Gasteiger partial charge in [-0.1, -0.05) is 341 Å². The summed E-state index contributed by atoms with van der Waals surface area (Å²) in [6.45, 7) is 9.20. The second-order valence-electron chi connectivity index (χ2n) is 23.9. The van der Waals surface area contributed by atoms with E-state index in [1.54, 1.807) is 24.3 Å². The molecule has 2 aromatic rings. The Morgan fingerprint density at radius 3 is 0.776 bits per heavy atom. The molecule has 2 N–H and O–H groups in total. The standard InChI is InChI=1S/C67H120O7P2/c1-5-9-13-17-21-25-29-33-37-41-45-49-61-67(62-50-54-64(55-51-62)72-75(68,69)74-76(70,71)73-65-56-52-63(67)53-57-65)66(58-46-42-38-34-30-26-22-18-14-10-6-2,59-47-43-39-35-31-27-23-19-15-11-7-3)60-48-44-40-36-32-28-24-20-16-12-8-4/h50-57H,5-49,58-61H2,1-4H3,(H,68,69)(H,70,71). The molecule has 9 heteroatoms. The molecule has 0 spiro atoms. The van der Waals surface area contributed by atoms with Crippen LogP contribution in [0.15, 0.2) is 48.5 Å². The second kappa shape index (κ2) is 43.2. The normalized spacial score (nSPS) is 18.8. The monoisotopic (exact) mass is 1100 g/mol. The lowest BCUT2D eigenvalue weighted by Gasteiger charge is -2.53. The molecule has 440 valence electrons. The lowest BCUT2D eigenvalue weighted by molar-refractivity contribution is 0.0816. The van der Waals surface area contributed by atoms with Crippen LogP contribution in [-0.4, -0.2) is 9.79 Å². The fourth-order valence-corrected chi connectivity index (χ4v) is 15.1. The van der Waals surface area contributed by atoms with Crippen molar-refractivity contribution in [3.63, 3.8) is 0 Å². The van der Waals surface area contributed by atoms with Crippen molar-refractivity contribution >= 4 is 15.6 Å². The van der Waals surface area contributed by atoms with Crippen LogP contribution in [-0.2, 0) is 18.9 Å². The minimum absolute atomic E-state index is 0.0634. The number of phosphoric ester groups is 2. The highest BCUT2D eigenvalue weighted by atomic mass is 31.3. The Labute approximate surface area is 470 Å². The minimum Gasteiger partial charge on any atom is -0.404 e. The van der Waals surface area contributed by atoms with Gasteiger partial charge in [-0.15, -0.1) is 0 Å². The van der Waals surface area contributed by atoms with E-state index in [2.05, 4.69) is 52.0 Å². The van der Waals surface area contributed by atoms with Crippen molar-refractivity contribution < 1.29 is 32.3 Å². The van der Waals surface area contributed by atoms with Crippen LogP contribution in [0.4, 0.5) is 0 Å². The maximum atomic E-state index is 13.3. The van der Waals surface area contributed by atoms with E-state index in [4.69, 9.17) is 13.4 Å². The van der Waals surface area contributed by atoms with Gasteiger partial charge in [0, 0.05) is 5.41 Å². The van der Waals surface area contributed by atoms with Gasteiger partial charge < -0.3 is 9.05 Å². The first-order valence-electron chi connectivity index (χ1n) is 33.0. The fourth-order valence-electron chi connectivity index (χ4n) is 13.0. The molecule has 7 nitrogen and oxygen atoms in total. The van der Waals surface area contributed by atoms with Gasteiger partial charge in [-0.25, -0.2) is 9.13 Å². The first kappa shape index (κ1) is 68.7. The van der Waals surface area contributed by atoms with Gasteiger partial charge in [0.1, 0.15) is 11.5 Å². The van der Waals surface area contributed by atoms with Gasteiger partial charge in [0.2, 0.25) is 0 Å². The van der Waals surface area contributed by atoms with E-state index in [1.807, 2.05) is 0 Å². The van der Waals surface area contributed by atoms with Gasteiger partial charge in [-0.3, -0.25) is 9.79 Å². The summed E-state index contributed by atoms with van der Waals surface area (Å²) < 4.78 is 42.3. The average molecular weight is 1100 g/mol. The number of phosphoric acid groups is 2. The molecule has 2 aromatic carbocycles. The summed E-state index contributed by atoms with van der Waals surface area (Å²) in [5, 5.41) is 0. The van der Waals surface area contributed by atoms with E-state index in [-0.39, 0.29) is 22.3 Å². The largest absolute Gasteiger partial charge is 0.537 e. The Morgan fingerprint density at radius 1 is 0.329 bits per heavy atom. The van der Waals surface area contributed by atoms with Crippen molar-refractivity contribution in [1.82, 2.24) is 0 Å². The fraction of sp³-hybridized carbons (Fsp3) is 0.821. The predicted octanol–water partition coefficient (Wildman–Crippen LogP) is 24.1. The second-order valence-corrected chi connectivity index (χ2v) is 26.8. The van der Waals surface area contributed by atoms with Gasteiger partial charge in [-0.05, 0) is 66.5 Å². The van der Waals surface area contributed by atoms with Gasteiger partial charge >= 0.3 is 15.6 Å². The molecule has 0 radical (unpaired) electrons. The summed E-state index contributed by atoms with van der Waals surface area (Å²) in [5.74, 6) is 0.262. The van der Waals surface area contributed by atoms with Crippen LogP contribution in [0.3, 0.4) is 0 Å². The van der Waals surface area contributed by atoms with Crippen molar-refractivity contribution in [3.05, 3.63) is 59.7 Å². The summed E-state index contributed by atoms with van der Waals surface area (Å²) in [6.07, 6.45) is 63.7. The Kier molecular flexibility index (Phi) is 39.0. The number of hydrogen-bond donors (Lipinski definition) is 2. The lowest BCUT2D eigenvalue weighted by atomic mass is 9.50. The van der Waals surface area contributed by atoms with Gasteiger partial charge in [0.25, 0.3) is 0 Å². The molecule has 0 fully saturated rings. The molecule has 76 heavy (non-hydrogen) atoms. The zero-order valence-corrected chi connectivity index (χ0v) is 51.9. The van der Waals surface area contributed by atoms with Crippen molar-refractivity contribution in [2.45, 2.75) is 348 Å². The average Bonchev–Trinajstić information content (AvgIpc) is 3.52. The highest BCUT2D eigenvalue weighted by Crippen LogP contribution is 2.62. The van der Waals surface area contributed by atoms with Crippen LogP contribution >= 0.6 is 15.6 Å². The Morgan fingerprint density at radius 2 is 0.539 bits per heavy atom. The Bertz CT molecular complexity index is 1620. The summed E-state index contributed by atoms with van der Waals surface area (Å²) in [4.78, 5) is 21.5. The predicted molar refractivity (Wildman–Crippen MR) is 327 cm³/mol. The van der Waals surface area contributed by atoms with Crippen molar-refractivity contribution in [2.75, 3.05) is 0 Å². The van der Waals surface area contributed by atoms with Crippen molar-refractivity contribution in [2.24, 2.45) is 5.41 Å². The topological polar surface area (TPSA) is 102 Å². The maximum Gasteiger partial charge on any atom is 0.537 e. The first-order chi connectivity index (χ1) is 37.1. The van der Waals surface area contributed by atoms with Crippen LogP contribution in [0.5, 0.6) is 11.5 Å². The van der Waals surface area contributed by atoms with E-state index in [0.29, 0.717) is 0 Å². The van der Waals surface area contributed by atoms with Crippen LogP contribution < -0.4 is 9.05 Å². The lowest BCUT2D eigenvalue weighted by Crippen LogP contribution is -2.47. The molecule has 0 saturated heterocycles. The third-order valence-corrected chi connectivity index (χ3v) is 20.0.